The lowest BCUT2D eigenvalue weighted by molar-refractivity contribution is -0.504. The van der Waals surface area contributed by atoms with Crippen molar-refractivity contribution in [2.75, 3.05) is 19.1 Å². The van der Waals surface area contributed by atoms with Crippen molar-refractivity contribution in [3.63, 3.8) is 0 Å². The Bertz CT molecular complexity index is 840. The quantitative estimate of drug-likeness (QED) is 0.310. The Morgan fingerprint density at radius 2 is 1.54 bits per heavy atom. The molecule has 0 radical (unpaired) electrons. The fraction of sp³-hybridized carbons (Fsp3) is 0.278. The smallest absolute Gasteiger partial charge is 0.166 e. The molecule has 0 bridgehead atoms. The molecule has 3 rings (SSSR count). The van der Waals surface area contributed by atoms with Crippen molar-refractivity contribution in [2.24, 2.45) is 0 Å². The fourth-order valence-corrected chi connectivity index (χ4v) is 3.16. The van der Waals surface area contributed by atoms with Crippen LogP contribution in [0.2, 0.25) is 0 Å². The van der Waals surface area contributed by atoms with Crippen molar-refractivity contribution in [3.05, 3.63) is 58.6 Å². The van der Waals surface area contributed by atoms with Crippen LogP contribution in [0.15, 0.2) is 48.5 Å². The molecule has 0 fully saturated rings. The Morgan fingerprint density at radius 1 is 1.04 bits per heavy atom. The summed E-state index contributed by atoms with van der Waals surface area (Å²) >= 11 is 0. The number of nitrogens with zero attached hydrogens (tertiary/aromatic N) is 4. The van der Waals surface area contributed by atoms with Gasteiger partial charge in [0.05, 0.1) is 11.0 Å². The first-order chi connectivity index (χ1) is 11.5. The van der Waals surface area contributed by atoms with Gasteiger partial charge in [0.15, 0.2) is 5.03 Å². The van der Waals surface area contributed by atoms with Gasteiger partial charge in [-0.2, -0.15) is 0 Å². The van der Waals surface area contributed by atoms with Crippen LogP contribution in [0.4, 0.5) is 5.69 Å². The topological polar surface area (TPSA) is 62.5 Å². The van der Waals surface area contributed by atoms with Crippen LogP contribution in [0, 0.1) is 10.1 Å². The monoisotopic (exact) mass is 324 g/mol. The number of rotatable bonds is 5. The zero-order valence-electron chi connectivity index (χ0n) is 14.0. The lowest BCUT2D eigenvalue weighted by Gasteiger charge is -2.30. The predicted molar refractivity (Wildman–Crippen MR) is 96.5 cm³/mol. The number of hydrogen-bond donors (Lipinski definition) is 0. The second-order valence-corrected chi connectivity index (χ2v) is 5.93. The molecular formula is C18H20N4O2. The van der Waals surface area contributed by atoms with E-state index in [1.54, 1.807) is 0 Å². The third kappa shape index (κ3) is 2.65. The average molecular weight is 324 g/mol. The molecule has 0 aliphatic carbocycles. The molecule has 1 atom stereocenters. The molecule has 0 aliphatic heterocycles. The number of fused-ring (bicyclic) bond motifs is 2. The van der Waals surface area contributed by atoms with Crippen LogP contribution in [0.1, 0.15) is 13.3 Å². The zero-order valence-corrected chi connectivity index (χ0v) is 14.0. The molecule has 0 saturated heterocycles. The molecule has 124 valence electrons. The van der Waals surface area contributed by atoms with Crippen LogP contribution in [-0.2, 0) is 0 Å². The molecule has 3 aromatic rings. The lowest BCUT2D eigenvalue weighted by atomic mass is 10.1. The normalized spacial score (nSPS) is 12.7. The molecule has 0 N–H and O–H groups in total. The molecule has 0 aliphatic rings. The predicted octanol–water partition coefficient (Wildman–Crippen LogP) is 3.68. The van der Waals surface area contributed by atoms with E-state index in [1.807, 2.05) is 74.4 Å². The molecule has 24 heavy (non-hydrogen) atoms. The minimum Gasteiger partial charge on any atom is -0.285 e. The molecule has 0 amide bonds. The summed E-state index contributed by atoms with van der Waals surface area (Å²) in [4.78, 5) is 18.5. The van der Waals surface area contributed by atoms with Gasteiger partial charge in [0.1, 0.15) is 11.9 Å². The van der Waals surface area contributed by atoms with Crippen molar-refractivity contribution < 1.29 is 5.03 Å². The van der Waals surface area contributed by atoms with Crippen LogP contribution in [0.5, 0.6) is 0 Å². The molecule has 0 spiro atoms. The Hall–Kier alpha value is -2.73. The third-order valence-corrected chi connectivity index (χ3v) is 4.21. The highest BCUT2D eigenvalue weighted by molar-refractivity contribution is 6.07. The Morgan fingerprint density at radius 3 is 1.96 bits per heavy atom. The average Bonchev–Trinajstić information content (AvgIpc) is 2.57. The number of aromatic nitrogens is 1. The standard InChI is InChI=1S/C18H20N4O2/c1-4-17(20(2)3)21(22(23)24)18-13-9-5-7-11-15(13)19-16-12-8-6-10-14(16)18/h5-12,17H,4H2,1-3H3. The molecule has 2 aromatic carbocycles. The van der Waals surface area contributed by atoms with Gasteiger partial charge in [-0.1, -0.05) is 48.3 Å². The first-order valence-corrected chi connectivity index (χ1v) is 7.92. The van der Waals surface area contributed by atoms with Crippen LogP contribution < -0.4 is 5.01 Å². The summed E-state index contributed by atoms with van der Waals surface area (Å²) in [5.41, 5.74) is 2.11. The van der Waals surface area contributed by atoms with Gasteiger partial charge < -0.3 is 0 Å². The Labute approximate surface area is 140 Å². The van der Waals surface area contributed by atoms with E-state index in [9.17, 15) is 10.1 Å². The molecule has 1 heterocycles. The number of anilines is 1. The minimum atomic E-state index is -0.353. The van der Waals surface area contributed by atoms with Crippen molar-refractivity contribution in [1.82, 2.24) is 9.88 Å². The Kier molecular flexibility index (Phi) is 4.31. The maximum Gasteiger partial charge on any atom is 0.166 e. The van der Waals surface area contributed by atoms with Crippen molar-refractivity contribution >= 4 is 27.5 Å². The molecule has 6 heteroatoms. The molecule has 6 nitrogen and oxygen atoms in total. The van der Waals surface area contributed by atoms with Gasteiger partial charge >= 0.3 is 0 Å². The van der Waals surface area contributed by atoms with Gasteiger partial charge in [-0.05, 0) is 32.6 Å². The number of hydrazine groups is 1. The summed E-state index contributed by atoms with van der Waals surface area (Å²) in [7, 11) is 3.71. The van der Waals surface area contributed by atoms with Crippen LogP contribution in [0.25, 0.3) is 21.8 Å². The van der Waals surface area contributed by atoms with E-state index in [0.29, 0.717) is 12.1 Å². The first-order valence-electron chi connectivity index (χ1n) is 7.92. The number of benzene rings is 2. The first kappa shape index (κ1) is 16.1. The van der Waals surface area contributed by atoms with E-state index in [2.05, 4.69) is 4.98 Å². The Balaban J connectivity index is 2.41. The summed E-state index contributed by atoms with van der Waals surface area (Å²) in [6.45, 7) is 1.95. The summed E-state index contributed by atoms with van der Waals surface area (Å²) in [5, 5.41) is 14.5. The minimum absolute atomic E-state index is 0.317. The molecule has 1 aromatic heterocycles. The second-order valence-electron chi connectivity index (χ2n) is 5.93. The van der Waals surface area contributed by atoms with Gasteiger partial charge in [0.2, 0.25) is 0 Å². The van der Waals surface area contributed by atoms with Crippen molar-refractivity contribution in [1.29, 1.82) is 0 Å². The van der Waals surface area contributed by atoms with Crippen LogP contribution in [-0.4, -0.2) is 35.2 Å². The highest BCUT2D eigenvalue weighted by Gasteiger charge is 2.32. The van der Waals surface area contributed by atoms with Gasteiger partial charge in [-0.25, -0.2) is 15.1 Å². The van der Waals surface area contributed by atoms with E-state index in [1.165, 1.54) is 5.01 Å². The fourth-order valence-electron chi connectivity index (χ4n) is 3.16. The molecular weight excluding hydrogens is 304 g/mol. The number of pyridine rings is 1. The largest absolute Gasteiger partial charge is 0.285 e. The van der Waals surface area contributed by atoms with Gasteiger partial charge in [-0.15, -0.1) is 0 Å². The summed E-state index contributed by atoms with van der Waals surface area (Å²) in [5.74, 6) is 0. The zero-order chi connectivity index (χ0) is 17.3. The summed E-state index contributed by atoms with van der Waals surface area (Å²) in [6.07, 6.45) is 0.271. The lowest BCUT2D eigenvalue weighted by Crippen LogP contribution is -2.48. The summed E-state index contributed by atoms with van der Waals surface area (Å²) < 4.78 is 0. The number of para-hydroxylation sites is 2. The molecule has 0 saturated carbocycles. The SMILES string of the molecule is CCC(N(C)C)N(c1c2ccccc2nc2ccccc12)[N+](=O)[O-]. The van der Waals surface area contributed by atoms with Crippen molar-refractivity contribution in [3.8, 4) is 0 Å². The van der Waals surface area contributed by atoms with E-state index >= 15 is 0 Å². The number of nitro groups is 1. The number of hydrogen-bond acceptors (Lipinski definition) is 4. The van der Waals surface area contributed by atoms with E-state index in [0.717, 1.165) is 21.8 Å². The highest BCUT2D eigenvalue weighted by Crippen LogP contribution is 2.35. The van der Waals surface area contributed by atoms with E-state index in [-0.39, 0.29) is 11.2 Å². The second kappa shape index (κ2) is 6.41. The maximum atomic E-state index is 12.0. The van der Waals surface area contributed by atoms with E-state index in [4.69, 9.17) is 0 Å². The van der Waals surface area contributed by atoms with Crippen LogP contribution in [0.3, 0.4) is 0 Å². The van der Waals surface area contributed by atoms with Gasteiger partial charge in [-0.3, -0.25) is 4.90 Å². The van der Waals surface area contributed by atoms with Crippen molar-refractivity contribution in [2.45, 2.75) is 19.5 Å². The maximum absolute atomic E-state index is 12.0. The van der Waals surface area contributed by atoms with Gasteiger partial charge in [0.25, 0.3) is 0 Å². The highest BCUT2D eigenvalue weighted by atomic mass is 16.7. The van der Waals surface area contributed by atoms with Crippen LogP contribution >= 0.6 is 0 Å². The third-order valence-electron chi connectivity index (χ3n) is 4.21. The summed E-state index contributed by atoms with van der Waals surface area (Å²) in [6, 6.07) is 15.1. The van der Waals surface area contributed by atoms with Gasteiger partial charge in [0, 0.05) is 10.8 Å². The van der Waals surface area contributed by atoms with E-state index < -0.39 is 0 Å². The molecule has 1 unspecified atom stereocenters.